The van der Waals surface area contributed by atoms with Crippen LogP contribution in [0.15, 0.2) is 18.2 Å². The standard InChI is InChI=1S/C18H25NO2/c1-17(2)13-11-12(7-8-14(13)19-16(17)21)15(20)18(3)9-5-4-6-10-18/h7-8,11,15,20H,4-6,9-10H2,1-3H3,(H,19,21). The number of amides is 1. The minimum absolute atomic E-state index is 0.0350. The summed E-state index contributed by atoms with van der Waals surface area (Å²) in [6, 6.07) is 5.93. The topological polar surface area (TPSA) is 49.3 Å². The maximum atomic E-state index is 12.0. The van der Waals surface area contributed by atoms with Crippen molar-refractivity contribution in [2.75, 3.05) is 5.32 Å². The number of fused-ring (bicyclic) bond motifs is 1. The second-order valence-electron chi connectivity index (χ2n) is 7.50. The highest BCUT2D eigenvalue weighted by Gasteiger charge is 2.40. The number of hydrogen-bond acceptors (Lipinski definition) is 2. The van der Waals surface area contributed by atoms with Crippen LogP contribution in [0.25, 0.3) is 0 Å². The highest BCUT2D eigenvalue weighted by atomic mass is 16.3. The minimum Gasteiger partial charge on any atom is -0.388 e. The Morgan fingerprint density at radius 3 is 2.48 bits per heavy atom. The van der Waals surface area contributed by atoms with Gasteiger partial charge in [-0.05, 0) is 49.3 Å². The average Bonchev–Trinajstić information content (AvgIpc) is 2.69. The van der Waals surface area contributed by atoms with Gasteiger partial charge in [-0.3, -0.25) is 4.79 Å². The van der Waals surface area contributed by atoms with Crippen LogP contribution in [0, 0.1) is 5.41 Å². The molecule has 1 aromatic rings. The molecule has 3 nitrogen and oxygen atoms in total. The number of aliphatic hydroxyl groups excluding tert-OH is 1. The van der Waals surface area contributed by atoms with Gasteiger partial charge in [0.2, 0.25) is 5.91 Å². The largest absolute Gasteiger partial charge is 0.388 e. The molecule has 1 fully saturated rings. The predicted octanol–water partition coefficient (Wildman–Crippen LogP) is 3.92. The molecule has 1 aliphatic carbocycles. The lowest BCUT2D eigenvalue weighted by Crippen LogP contribution is -2.29. The molecule has 1 amide bonds. The zero-order valence-electron chi connectivity index (χ0n) is 13.2. The molecule has 0 radical (unpaired) electrons. The quantitative estimate of drug-likeness (QED) is 0.866. The third kappa shape index (κ3) is 2.28. The molecule has 1 aromatic carbocycles. The monoisotopic (exact) mass is 287 g/mol. The Morgan fingerprint density at radius 2 is 1.81 bits per heavy atom. The fraction of sp³-hybridized carbons (Fsp3) is 0.611. The fourth-order valence-corrected chi connectivity index (χ4v) is 3.79. The zero-order valence-corrected chi connectivity index (χ0v) is 13.2. The van der Waals surface area contributed by atoms with Crippen molar-refractivity contribution in [2.45, 2.75) is 64.4 Å². The van der Waals surface area contributed by atoms with E-state index < -0.39 is 11.5 Å². The van der Waals surface area contributed by atoms with Crippen LogP contribution in [-0.4, -0.2) is 11.0 Å². The van der Waals surface area contributed by atoms with Crippen molar-refractivity contribution >= 4 is 11.6 Å². The van der Waals surface area contributed by atoms with Crippen LogP contribution in [-0.2, 0) is 10.2 Å². The molecule has 0 saturated heterocycles. The van der Waals surface area contributed by atoms with Crippen molar-refractivity contribution in [3.05, 3.63) is 29.3 Å². The molecule has 2 aliphatic rings. The summed E-state index contributed by atoms with van der Waals surface area (Å²) in [5.41, 5.74) is 2.28. The van der Waals surface area contributed by atoms with Crippen molar-refractivity contribution in [3.8, 4) is 0 Å². The van der Waals surface area contributed by atoms with E-state index in [9.17, 15) is 9.90 Å². The van der Waals surface area contributed by atoms with Gasteiger partial charge in [0, 0.05) is 5.69 Å². The Kier molecular flexibility index (Phi) is 3.36. The molecule has 1 unspecified atom stereocenters. The zero-order chi connectivity index (χ0) is 15.3. The van der Waals surface area contributed by atoms with E-state index in [1.165, 1.54) is 19.3 Å². The molecule has 1 atom stereocenters. The molecule has 1 saturated carbocycles. The van der Waals surface area contributed by atoms with Crippen molar-refractivity contribution in [2.24, 2.45) is 5.41 Å². The Hall–Kier alpha value is -1.35. The van der Waals surface area contributed by atoms with E-state index in [0.717, 1.165) is 29.7 Å². The smallest absolute Gasteiger partial charge is 0.234 e. The summed E-state index contributed by atoms with van der Waals surface area (Å²) in [6.07, 6.45) is 5.37. The minimum atomic E-state index is -0.515. The van der Waals surface area contributed by atoms with Gasteiger partial charge in [-0.2, -0.15) is 0 Å². The van der Waals surface area contributed by atoms with E-state index in [1.54, 1.807) is 0 Å². The van der Waals surface area contributed by atoms with Crippen molar-refractivity contribution in [3.63, 3.8) is 0 Å². The summed E-state index contributed by atoms with van der Waals surface area (Å²) in [5.74, 6) is 0.0352. The highest BCUT2D eigenvalue weighted by molar-refractivity contribution is 6.05. The van der Waals surface area contributed by atoms with Crippen LogP contribution < -0.4 is 5.32 Å². The number of anilines is 1. The van der Waals surface area contributed by atoms with Crippen molar-refractivity contribution in [1.82, 2.24) is 0 Å². The van der Waals surface area contributed by atoms with Gasteiger partial charge in [-0.25, -0.2) is 0 Å². The van der Waals surface area contributed by atoms with Crippen LogP contribution >= 0.6 is 0 Å². The second-order valence-corrected chi connectivity index (χ2v) is 7.50. The Bertz CT molecular complexity index is 571. The van der Waals surface area contributed by atoms with E-state index in [0.29, 0.717) is 0 Å². The van der Waals surface area contributed by atoms with Crippen LogP contribution in [0.4, 0.5) is 5.69 Å². The normalized spacial score (nSPS) is 24.3. The van der Waals surface area contributed by atoms with Crippen LogP contribution in [0.2, 0.25) is 0 Å². The van der Waals surface area contributed by atoms with Gasteiger partial charge in [0.15, 0.2) is 0 Å². The number of aliphatic hydroxyl groups is 1. The first-order chi connectivity index (χ1) is 9.84. The second kappa shape index (κ2) is 4.84. The van der Waals surface area contributed by atoms with Crippen LogP contribution in [0.1, 0.15) is 70.1 Å². The molecular formula is C18H25NO2. The highest BCUT2D eigenvalue weighted by Crippen LogP contribution is 2.47. The first-order valence-electron chi connectivity index (χ1n) is 7.98. The maximum Gasteiger partial charge on any atom is 0.234 e. The lowest BCUT2D eigenvalue weighted by molar-refractivity contribution is -0.119. The molecule has 1 heterocycles. The summed E-state index contributed by atoms with van der Waals surface area (Å²) < 4.78 is 0. The number of hydrogen-bond donors (Lipinski definition) is 2. The summed E-state index contributed by atoms with van der Waals surface area (Å²) in [5, 5.41) is 13.8. The molecule has 0 spiro atoms. The van der Waals surface area contributed by atoms with Crippen molar-refractivity contribution in [1.29, 1.82) is 0 Å². The van der Waals surface area contributed by atoms with Gasteiger partial charge < -0.3 is 10.4 Å². The number of carbonyl (C=O) groups is 1. The van der Waals surface area contributed by atoms with Gasteiger partial charge in [0.05, 0.1) is 11.5 Å². The predicted molar refractivity (Wildman–Crippen MR) is 84.2 cm³/mol. The number of carbonyl (C=O) groups excluding carboxylic acids is 1. The first-order valence-corrected chi connectivity index (χ1v) is 7.98. The number of benzene rings is 1. The lowest BCUT2D eigenvalue weighted by Gasteiger charge is -2.38. The first kappa shape index (κ1) is 14.6. The average molecular weight is 287 g/mol. The van der Waals surface area contributed by atoms with E-state index in [2.05, 4.69) is 12.2 Å². The maximum absolute atomic E-state index is 12.0. The van der Waals surface area contributed by atoms with Gasteiger partial charge in [-0.1, -0.05) is 38.3 Å². The van der Waals surface area contributed by atoms with E-state index in [1.807, 2.05) is 32.0 Å². The molecule has 21 heavy (non-hydrogen) atoms. The van der Waals surface area contributed by atoms with Crippen molar-refractivity contribution < 1.29 is 9.90 Å². The summed E-state index contributed by atoms with van der Waals surface area (Å²) in [7, 11) is 0. The third-order valence-corrected chi connectivity index (χ3v) is 5.50. The SMILES string of the molecule is CC1(C)C(=O)Nc2ccc(C(O)C3(C)CCCCC3)cc21. The Labute approximate surface area is 126 Å². The van der Waals surface area contributed by atoms with Crippen LogP contribution in [0.3, 0.4) is 0 Å². The van der Waals surface area contributed by atoms with Gasteiger partial charge >= 0.3 is 0 Å². The molecule has 3 rings (SSSR count). The molecule has 2 N–H and O–H groups in total. The number of nitrogens with one attached hydrogen (secondary N) is 1. The van der Waals surface area contributed by atoms with Gasteiger partial charge in [0.1, 0.15) is 0 Å². The number of rotatable bonds is 2. The molecule has 114 valence electrons. The molecule has 0 bridgehead atoms. The Balaban J connectivity index is 1.94. The Morgan fingerprint density at radius 1 is 1.14 bits per heavy atom. The lowest BCUT2D eigenvalue weighted by atomic mass is 9.69. The van der Waals surface area contributed by atoms with Gasteiger partial charge in [0.25, 0.3) is 0 Å². The van der Waals surface area contributed by atoms with E-state index in [4.69, 9.17) is 0 Å². The molecule has 3 heteroatoms. The van der Waals surface area contributed by atoms with E-state index in [-0.39, 0.29) is 11.3 Å². The summed E-state index contributed by atoms with van der Waals surface area (Å²) >= 11 is 0. The molecular weight excluding hydrogens is 262 g/mol. The summed E-state index contributed by atoms with van der Waals surface area (Å²) in [4.78, 5) is 12.0. The fourth-order valence-electron chi connectivity index (χ4n) is 3.79. The molecule has 0 aromatic heterocycles. The molecule has 1 aliphatic heterocycles. The van der Waals surface area contributed by atoms with Crippen LogP contribution in [0.5, 0.6) is 0 Å². The summed E-state index contributed by atoms with van der Waals surface area (Å²) in [6.45, 7) is 6.07. The third-order valence-electron chi connectivity index (χ3n) is 5.50. The van der Waals surface area contributed by atoms with E-state index >= 15 is 0 Å². The van der Waals surface area contributed by atoms with Gasteiger partial charge in [-0.15, -0.1) is 0 Å².